The maximum Gasteiger partial charge on any atom is 0.164 e. The van der Waals surface area contributed by atoms with Crippen LogP contribution in [0.25, 0.3) is 78.3 Å². The van der Waals surface area contributed by atoms with Crippen molar-refractivity contribution < 1.29 is 0 Å². The molecule has 0 fully saturated rings. The summed E-state index contributed by atoms with van der Waals surface area (Å²) in [5, 5.41) is 2.47. The van der Waals surface area contributed by atoms with E-state index in [0.717, 1.165) is 16.7 Å². The highest BCUT2D eigenvalue weighted by molar-refractivity contribution is 6.01. The van der Waals surface area contributed by atoms with Crippen LogP contribution in [0.4, 0.5) is 0 Å². The van der Waals surface area contributed by atoms with Gasteiger partial charge in [-0.2, -0.15) is 0 Å². The van der Waals surface area contributed by atoms with Crippen LogP contribution in [0.2, 0.25) is 0 Å². The van der Waals surface area contributed by atoms with E-state index in [0.29, 0.717) is 17.5 Å². The van der Waals surface area contributed by atoms with E-state index in [1.165, 1.54) is 66.4 Å². The second-order valence-corrected chi connectivity index (χ2v) is 13.9. The molecule has 1 spiro atoms. The topological polar surface area (TPSA) is 38.7 Å². The van der Waals surface area contributed by atoms with Crippen molar-refractivity contribution in [2.24, 2.45) is 0 Å². The van der Waals surface area contributed by atoms with Crippen molar-refractivity contribution in [1.82, 2.24) is 15.0 Å². The van der Waals surface area contributed by atoms with Gasteiger partial charge in [0.05, 0.1) is 5.41 Å². The zero-order valence-electron chi connectivity index (χ0n) is 28.7. The van der Waals surface area contributed by atoms with Crippen LogP contribution in [-0.2, 0) is 5.41 Å². The van der Waals surface area contributed by atoms with Crippen molar-refractivity contribution in [1.29, 1.82) is 0 Å². The van der Waals surface area contributed by atoms with Gasteiger partial charge in [-0.05, 0) is 84.6 Å². The Bertz CT molecular complexity index is 2840. The SMILES string of the molecule is c1ccc(-c2nc(-c3ccccc3)nc(-c3ccc4c(c3)C3(c5ccccc5-c5ccccc5-4)c4ccccc4-c4cc5ccccc5cc43)n2)cc1. The molecule has 0 saturated heterocycles. The Morgan fingerprint density at radius 2 is 0.679 bits per heavy atom. The van der Waals surface area contributed by atoms with E-state index in [1.54, 1.807) is 0 Å². The van der Waals surface area contributed by atoms with E-state index in [1.807, 2.05) is 36.4 Å². The Kier molecular flexibility index (Phi) is 6.47. The molecule has 1 aromatic heterocycles. The summed E-state index contributed by atoms with van der Waals surface area (Å²) < 4.78 is 0. The van der Waals surface area contributed by atoms with Gasteiger partial charge >= 0.3 is 0 Å². The number of benzene rings is 8. The first kappa shape index (κ1) is 29.7. The minimum atomic E-state index is -0.617. The third-order valence-corrected chi connectivity index (χ3v) is 11.1. The average molecular weight is 674 g/mol. The molecule has 0 N–H and O–H groups in total. The minimum Gasteiger partial charge on any atom is -0.208 e. The maximum absolute atomic E-state index is 5.18. The highest BCUT2D eigenvalue weighted by Crippen LogP contribution is 2.62. The number of hydrogen-bond acceptors (Lipinski definition) is 3. The second kappa shape index (κ2) is 11.5. The minimum absolute atomic E-state index is 0.617. The van der Waals surface area contributed by atoms with E-state index in [9.17, 15) is 0 Å². The molecule has 2 aliphatic carbocycles. The van der Waals surface area contributed by atoms with Gasteiger partial charge in [0.2, 0.25) is 0 Å². The van der Waals surface area contributed by atoms with Gasteiger partial charge in [-0.15, -0.1) is 0 Å². The summed E-state index contributed by atoms with van der Waals surface area (Å²) in [5.41, 5.74) is 14.8. The number of hydrogen-bond donors (Lipinski definition) is 0. The first-order valence-electron chi connectivity index (χ1n) is 18.1. The van der Waals surface area contributed by atoms with Crippen LogP contribution in [0.1, 0.15) is 22.3 Å². The number of rotatable bonds is 3. The first-order valence-corrected chi connectivity index (χ1v) is 18.1. The highest BCUT2D eigenvalue weighted by atomic mass is 15.0. The summed E-state index contributed by atoms with van der Waals surface area (Å²) in [6.07, 6.45) is 0. The smallest absolute Gasteiger partial charge is 0.164 e. The molecular formula is C50H31N3. The molecule has 246 valence electrons. The maximum atomic E-state index is 5.18. The van der Waals surface area contributed by atoms with E-state index < -0.39 is 5.41 Å². The van der Waals surface area contributed by atoms with Crippen LogP contribution >= 0.6 is 0 Å². The molecule has 0 amide bonds. The molecule has 0 saturated carbocycles. The van der Waals surface area contributed by atoms with Crippen LogP contribution < -0.4 is 0 Å². The summed E-state index contributed by atoms with van der Waals surface area (Å²) in [5.74, 6) is 1.95. The second-order valence-electron chi connectivity index (χ2n) is 13.9. The summed E-state index contributed by atoms with van der Waals surface area (Å²) in [7, 11) is 0. The van der Waals surface area contributed by atoms with Crippen LogP contribution in [0, 0.1) is 0 Å². The Labute approximate surface area is 308 Å². The van der Waals surface area contributed by atoms with E-state index in [4.69, 9.17) is 15.0 Å². The van der Waals surface area contributed by atoms with Crippen LogP contribution in [0.15, 0.2) is 188 Å². The van der Waals surface area contributed by atoms with Crippen molar-refractivity contribution in [3.63, 3.8) is 0 Å². The molecule has 8 aromatic carbocycles. The lowest BCUT2D eigenvalue weighted by Gasteiger charge is -2.35. The van der Waals surface area contributed by atoms with E-state index in [2.05, 4.69) is 152 Å². The predicted octanol–water partition coefficient (Wildman–Crippen LogP) is 12.0. The van der Waals surface area contributed by atoms with E-state index >= 15 is 0 Å². The molecule has 3 heteroatoms. The van der Waals surface area contributed by atoms with Crippen molar-refractivity contribution >= 4 is 10.8 Å². The lowest BCUT2D eigenvalue weighted by Crippen LogP contribution is -2.29. The molecule has 0 aliphatic heterocycles. The van der Waals surface area contributed by atoms with Gasteiger partial charge < -0.3 is 0 Å². The summed E-state index contributed by atoms with van der Waals surface area (Å²) in [6, 6.07) is 67.7. The lowest BCUT2D eigenvalue weighted by molar-refractivity contribution is 0.776. The molecule has 11 rings (SSSR count). The number of fused-ring (bicyclic) bond motifs is 13. The Morgan fingerprint density at radius 3 is 1.26 bits per heavy atom. The van der Waals surface area contributed by atoms with Crippen LogP contribution in [0.3, 0.4) is 0 Å². The van der Waals surface area contributed by atoms with Gasteiger partial charge in [0.15, 0.2) is 17.5 Å². The third-order valence-electron chi connectivity index (χ3n) is 11.1. The molecule has 1 unspecified atom stereocenters. The monoisotopic (exact) mass is 673 g/mol. The Hall–Kier alpha value is -6.97. The zero-order chi connectivity index (χ0) is 34.9. The fourth-order valence-electron chi connectivity index (χ4n) is 8.85. The molecule has 1 atom stereocenters. The molecule has 2 aliphatic rings. The number of nitrogens with zero attached hydrogens (tertiary/aromatic N) is 3. The summed E-state index contributed by atoms with van der Waals surface area (Å²) in [4.78, 5) is 15.4. The molecule has 1 heterocycles. The van der Waals surface area contributed by atoms with Crippen molar-refractivity contribution in [2.45, 2.75) is 5.41 Å². The van der Waals surface area contributed by atoms with Gasteiger partial charge in [0.1, 0.15) is 0 Å². The van der Waals surface area contributed by atoms with Gasteiger partial charge in [-0.25, -0.2) is 15.0 Å². The van der Waals surface area contributed by atoms with Crippen molar-refractivity contribution in [3.8, 4) is 67.5 Å². The van der Waals surface area contributed by atoms with Gasteiger partial charge in [0, 0.05) is 16.7 Å². The zero-order valence-corrected chi connectivity index (χ0v) is 28.7. The molecule has 9 aromatic rings. The summed E-state index contributed by atoms with van der Waals surface area (Å²) in [6.45, 7) is 0. The van der Waals surface area contributed by atoms with Gasteiger partial charge in [-0.3, -0.25) is 0 Å². The number of aromatic nitrogens is 3. The van der Waals surface area contributed by atoms with Crippen LogP contribution in [-0.4, -0.2) is 15.0 Å². The van der Waals surface area contributed by atoms with Crippen molar-refractivity contribution in [3.05, 3.63) is 210 Å². The predicted molar refractivity (Wildman–Crippen MR) is 215 cm³/mol. The Morgan fingerprint density at radius 1 is 0.264 bits per heavy atom. The van der Waals surface area contributed by atoms with Crippen molar-refractivity contribution in [2.75, 3.05) is 0 Å². The van der Waals surface area contributed by atoms with E-state index in [-0.39, 0.29) is 0 Å². The molecule has 3 nitrogen and oxygen atoms in total. The fraction of sp³-hybridized carbons (Fsp3) is 0.0200. The van der Waals surface area contributed by atoms with Gasteiger partial charge in [-0.1, -0.05) is 170 Å². The average Bonchev–Trinajstić information content (AvgIpc) is 3.46. The highest BCUT2D eigenvalue weighted by Gasteiger charge is 2.50. The molecule has 0 bridgehead atoms. The largest absolute Gasteiger partial charge is 0.208 e. The molecule has 53 heavy (non-hydrogen) atoms. The third kappa shape index (κ3) is 4.38. The van der Waals surface area contributed by atoms with Gasteiger partial charge in [0.25, 0.3) is 0 Å². The standard InChI is InChI=1S/C50H31N3/c1-3-15-32(16-4-1)47-51-48(33-17-5-2-6-18-33)53-49(52-47)36-27-28-41-38-22-10-9-21-37(38)39-23-11-13-25-43(39)50(45(41)31-36)44-26-14-12-24-40(44)42-29-34-19-7-8-20-35(34)30-46(42)50/h1-31H. The summed E-state index contributed by atoms with van der Waals surface area (Å²) >= 11 is 0. The molecular weight excluding hydrogens is 643 g/mol. The van der Waals surface area contributed by atoms with Crippen LogP contribution in [0.5, 0.6) is 0 Å². The fourth-order valence-corrected chi connectivity index (χ4v) is 8.85. The lowest BCUT2D eigenvalue weighted by atomic mass is 9.65. The molecule has 0 radical (unpaired) electrons. The normalized spacial score (nSPS) is 14.9. The first-order chi connectivity index (χ1) is 26.3. The Balaban J connectivity index is 1.27. The quantitative estimate of drug-likeness (QED) is 0.187.